The third-order valence-electron chi connectivity index (χ3n) is 4.28. The van der Waals surface area contributed by atoms with Crippen LogP contribution in [0.15, 0.2) is 24.3 Å². The van der Waals surface area contributed by atoms with Crippen molar-refractivity contribution in [1.82, 2.24) is 15.5 Å². The Bertz CT molecular complexity index is 540. The number of likely N-dealkylation sites (tertiary alicyclic amines) is 1. The number of nitrogens with one attached hydrogen (secondary N) is 2. The Balaban J connectivity index is 1.68. The molecule has 0 saturated carbocycles. The number of benzene rings is 1. The lowest BCUT2D eigenvalue weighted by Crippen LogP contribution is -2.44. The van der Waals surface area contributed by atoms with E-state index in [1.54, 1.807) is 12.1 Å². The number of rotatable bonds is 7. The molecule has 0 unspecified atom stereocenters. The van der Waals surface area contributed by atoms with Crippen LogP contribution in [0.25, 0.3) is 0 Å². The first-order chi connectivity index (χ1) is 11.6. The van der Waals surface area contributed by atoms with E-state index in [0.29, 0.717) is 19.6 Å². The van der Waals surface area contributed by atoms with Gasteiger partial charge in [-0.2, -0.15) is 0 Å². The van der Waals surface area contributed by atoms with Crippen molar-refractivity contribution < 1.29 is 14.0 Å². The van der Waals surface area contributed by atoms with Crippen molar-refractivity contribution in [3.8, 4) is 0 Å². The highest BCUT2D eigenvalue weighted by molar-refractivity contribution is 5.79. The lowest BCUT2D eigenvalue weighted by atomic mass is 9.96. The summed E-state index contributed by atoms with van der Waals surface area (Å²) in [5.41, 5.74) is 0.884. The largest absolute Gasteiger partial charge is 0.355 e. The third-order valence-corrected chi connectivity index (χ3v) is 4.28. The third kappa shape index (κ3) is 5.92. The van der Waals surface area contributed by atoms with Gasteiger partial charge >= 0.3 is 0 Å². The highest BCUT2D eigenvalue weighted by Gasteiger charge is 2.25. The predicted molar refractivity (Wildman–Crippen MR) is 90.7 cm³/mol. The molecule has 24 heavy (non-hydrogen) atoms. The lowest BCUT2D eigenvalue weighted by molar-refractivity contribution is -0.127. The number of nitrogens with zero attached hydrogens (tertiary/aromatic N) is 1. The fourth-order valence-electron chi connectivity index (χ4n) is 2.81. The Hall–Kier alpha value is -1.95. The minimum absolute atomic E-state index is 0.0135. The maximum atomic E-state index is 12.9. The Morgan fingerprint density at radius 1 is 1.17 bits per heavy atom. The molecule has 1 aliphatic heterocycles. The van der Waals surface area contributed by atoms with Crippen LogP contribution in [-0.4, -0.2) is 42.9 Å². The van der Waals surface area contributed by atoms with Crippen molar-refractivity contribution in [2.75, 3.05) is 26.2 Å². The molecule has 5 nitrogen and oxygen atoms in total. The van der Waals surface area contributed by atoms with E-state index in [1.165, 1.54) is 12.1 Å². The van der Waals surface area contributed by atoms with Crippen molar-refractivity contribution in [3.63, 3.8) is 0 Å². The van der Waals surface area contributed by atoms with Gasteiger partial charge in [0.1, 0.15) is 5.82 Å². The summed E-state index contributed by atoms with van der Waals surface area (Å²) in [6, 6.07) is 6.13. The second kappa shape index (κ2) is 9.37. The summed E-state index contributed by atoms with van der Waals surface area (Å²) in [7, 11) is 0. The average Bonchev–Trinajstić information content (AvgIpc) is 2.60. The van der Waals surface area contributed by atoms with Crippen LogP contribution in [-0.2, 0) is 16.1 Å². The summed E-state index contributed by atoms with van der Waals surface area (Å²) in [5.74, 6) is -0.203. The smallest absolute Gasteiger partial charge is 0.234 e. The molecule has 1 fully saturated rings. The fourth-order valence-corrected chi connectivity index (χ4v) is 2.81. The number of piperidine rings is 1. The summed E-state index contributed by atoms with van der Waals surface area (Å²) in [6.45, 7) is 5.07. The Kier molecular flexibility index (Phi) is 7.18. The Morgan fingerprint density at radius 2 is 1.83 bits per heavy atom. The summed E-state index contributed by atoms with van der Waals surface area (Å²) < 4.78 is 12.9. The van der Waals surface area contributed by atoms with Gasteiger partial charge in [0, 0.05) is 19.0 Å². The van der Waals surface area contributed by atoms with Gasteiger partial charge in [-0.1, -0.05) is 19.1 Å². The molecule has 0 aromatic heterocycles. The van der Waals surface area contributed by atoms with E-state index in [-0.39, 0.29) is 23.5 Å². The zero-order valence-corrected chi connectivity index (χ0v) is 14.2. The fraction of sp³-hybridized carbons (Fsp3) is 0.556. The van der Waals surface area contributed by atoms with Crippen LogP contribution >= 0.6 is 0 Å². The number of amides is 2. The van der Waals surface area contributed by atoms with E-state index < -0.39 is 0 Å². The second-order valence-corrected chi connectivity index (χ2v) is 6.24. The molecular formula is C18H26FN3O2. The molecule has 2 amide bonds. The zero-order chi connectivity index (χ0) is 17.4. The van der Waals surface area contributed by atoms with Gasteiger partial charge < -0.3 is 10.6 Å². The molecule has 6 heteroatoms. The normalized spacial score (nSPS) is 15.9. The molecule has 1 aromatic carbocycles. The molecule has 0 aliphatic carbocycles. The number of carbonyl (C=O) groups is 2. The highest BCUT2D eigenvalue weighted by atomic mass is 19.1. The molecule has 2 N–H and O–H groups in total. The summed E-state index contributed by atoms with van der Waals surface area (Å²) in [5, 5.41) is 5.78. The van der Waals surface area contributed by atoms with Crippen molar-refractivity contribution in [3.05, 3.63) is 35.6 Å². The van der Waals surface area contributed by atoms with Crippen molar-refractivity contribution >= 4 is 11.8 Å². The van der Waals surface area contributed by atoms with E-state index in [9.17, 15) is 14.0 Å². The maximum Gasteiger partial charge on any atom is 0.234 e. The lowest BCUT2D eigenvalue weighted by Gasteiger charge is -2.30. The summed E-state index contributed by atoms with van der Waals surface area (Å²) in [4.78, 5) is 26.0. The molecule has 0 radical (unpaired) electrons. The molecule has 0 atom stereocenters. The van der Waals surface area contributed by atoms with Gasteiger partial charge in [0.05, 0.1) is 6.54 Å². The predicted octanol–water partition coefficient (Wildman–Crippen LogP) is 1.68. The van der Waals surface area contributed by atoms with Crippen molar-refractivity contribution in [1.29, 1.82) is 0 Å². The summed E-state index contributed by atoms with van der Waals surface area (Å²) >= 11 is 0. The van der Waals surface area contributed by atoms with Gasteiger partial charge in [-0.3, -0.25) is 14.5 Å². The molecular weight excluding hydrogens is 309 g/mol. The first kappa shape index (κ1) is 18.4. The molecule has 1 heterocycles. The standard InChI is InChI=1S/C18H26FN3O2/c1-2-9-20-17(23)13-22-10-7-15(8-11-22)18(24)21-12-14-3-5-16(19)6-4-14/h3-6,15H,2,7-13H2,1H3,(H,20,23)(H,21,24). The van der Waals surface area contributed by atoms with Crippen molar-refractivity contribution in [2.24, 2.45) is 5.92 Å². The van der Waals surface area contributed by atoms with Crippen LogP contribution < -0.4 is 10.6 Å². The molecule has 0 spiro atoms. The maximum absolute atomic E-state index is 12.9. The van der Waals surface area contributed by atoms with E-state index in [4.69, 9.17) is 0 Å². The Labute approximate surface area is 142 Å². The van der Waals surface area contributed by atoms with E-state index in [1.807, 2.05) is 6.92 Å². The second-order valence-electron chi connectivity index (χ2n) is 6.24. The minimum Gasteiger partial charge on any atom is -0.355 e. The number of hydrogen-bond acceptors (Lipinski definition) is 3. The topological polar surface area (TPSA) is 61.4 Å². The van der Waals surface area contributed by atoms with Crippen LogP contribution in [0.4, 0.5) is 4.39 Å². The van der Waals surface area contributed by atoms with E-state index in [2.05, 4.69) is 15.5 Å². The van der Waals surface area contributed by atoms with Crippen LogP contribution in [0, 0.1) is 11.7 Å². The number of carbonyl (C=O) groups excluding carboxylic acids is 2. The monoisotopic (exact) mass is 335 g/mol. The molecule has 132 valence electrons. The zero-order valence-electron chi connectivity index (χ0n) is 14.2. The Morgan fingerprint density at radius 3 is 2.46 bits per heavy atom. The molecule has 1 aromatic rings. The number of halogens is 1. The van der Waals surface area contributed by atoms with Gasteiger partial charge in [-0.05, 0) is 50.0 Å². The number of hydrogen-bond donors (Lipinski definition) is 2. The molecule has 2 rings (SSSR count). The van der Waals surface area contributed by atoms with Crippen LogP contribution in [0.2, 0.25) is 0 Å². The van der Waals surface area contributed by atoms with Gasteiger partial charge in [0.15, 0.2) is 0 Å². The first-order valence-corrected chi connectivity index (χ1v) is 8.59. The van der Waals surface area contributed by atoms with Gasteiger partial charge in [0.2, 0.25) is 11.8 Å². The first-order valence-electron chi connectivity index (χ1n) is 8.59. The SMILES string of the molecule is CCCNC(=O)CN1CCC(C(=O)NCc2ccc(F)cc2)CC1. The van der Waals surface area contributed by atoms with E-state index in [0.717, 1.165) is 37.9 Å². The molecule has 1 saturated heterocycles. The highest BCUT2D eigenvalue weighted by Crippen LogP contribution is 2.17. The molecule has 1 aliphatic rings. The van der Waals surface area contributed by atoms with Gasteiger partial charge in [-0.15, -0.1) is 0 Å². The minimum atomic E-state index is -0.277. The van der Waals surface area contributed by atoms with Crippen LogP contribution in [0.5, 0.6) is 0 Å². The van der Waals surface area contributed by atoms with Gasteiger partial charge in [0.25, 0.3) is 0 Å². The van der Waals surface area contributed by atoms with Crippen LogP contribution in [0.1, 0.15) is 31.7 Å². The molecule has 0 bridgehead atoms. The quantitative estimate of drug-likeness (QED) is 0.797. The van der Waals surface area contributed by atoms with Gasteiger partial charge in [-0.25, -0.2) is 4.39 Å². The summed E-state index contributed by atoms with van der Waals surface area (Å²) in [6.07, 6.45) is 2.45. The average molecular weight is 335 g/mol. The van der Waals surface area contributed by atoms with E-state index >= 15 is 0 Å². The van der Waals surface area contributed by atoms with Crippen molar-refractivity contribution in [2.45, 2.75) is 32.7 Å². The van der Waals surface area contributed by atoms with Crippen LogP contribution in [0.3, 0.4) is 0 Å².